The molecule has 0 aliphatic carbocycles. The van der Waals surface area contributed by atoms with Crippen molar-refractivity contribution in [3.8, 4) is 0 Å². The van der Waals surface area contributed by atoms with Gasteiger partial charge in [0.1, 0.15) is 11.6 Å². The van der Waals surface area contributed by atoms with E-state index in [4.69, 9.17) is 0 Å². The first kappa shape index (κ1) is 16.7. The average Bonchev–Trinajstić information content (AvgIpc) is 2.60. The maximum Gasteiger partial charge on any atom is 0.264 e. The van der Waals surface area contributed by atoms with Crippen molar-refractivity contribution >= 4 is 5.78 Å². The maximum atomic E-state index is 14.8. The van der Waals surface area contributed by atoms with Crippen molar-refractivity contribution in [3.05, 3.63) is 98.5 Å². The van der Waals surface area contributed by atoms with Crippen molar-refractivity contribution in [3.63, 3.8) is 0 Å². The van der Waals surface area contributed by atoms with E-state index in [-0.39, 0.29) is 23.1 Å². The number of rotatable bonds is 4. The Balaban J connectivity index is 1.99. The summed E-state index contributed by atoms with van der Waals surface area (Å²) in [5.74, 6) is -2.55. The molecule has 0 aliphatic heterocycles. The van der Waals surface area contributed by atoms with E-state index in [1.165, 1.54) is 30.3 Å². The van der Waals surface area contributed by atoms with E-state index in [0.29, 0.717) is 5.69 Å². The van der Waals surface area contributed by atoms with Gasteiger partial charge in [-0.2, -0.15) is 5.10 Å². The van der Waals surface area contributed by atoms with Crippen LogP contribution in [0.3, 0.4) is 0 Å². The zero-order valence-electron chi connectivity index (χ0n) is 13.3. The van der Waals surface area contributed by atoms with Crippen LogP contribution in [-0.2, 0) is 6.42 Å². The SMILES string of the molecule is Cc1ccc(C(=O)c2c(F)ccc(Cc3ccc(=O)[nH]n3)c2F)cc1. The number of ketones is 1. The number of aryl methyl sites for hydroxylation is 1. The summed E-state index contributed by atoms with van der Waals surface area (Å²) in [6, 6.07) is 11.5. The number of aromatic amines is 1. The molecule has 0 bridgehead atoms. The number of nitrogens with zero attached hydrogens (tertiary/aromatic N) is 1. The zero-order valence-corrected chi connectivity index (χ0v) is 13.3. The second-order valence-electron chi connectivity index (χ2n) is 5.68. The summed E-state index contributed by atoms with van der Waals surface area (Å²) in [6.45, 7) is 1.85. The number of benzene rings is 2. The molecule has 1 aromatic heterocycles. The molecule has 0 amide bonds. The Labute approximate surface area is 142 Å². The van der Waals surface area contributed by atoms with Crippen LogP contribution >= 0.6 is 0 Å². The first-order chi connectivity index (χ1) is 12.0. The molecule has 0 fully saturated rings. The van der Waals surface area contributed by atoms with Gasteiger partial charge >= 0.3 is 0 Å². The molecule has 25 heavy (non-hydrogen) atoms. The number of hydrogen-bond acceptors (Lipinski definition) is 3. The first-order valence-electron chi connectivity index (χ1n) is 7.58. The van der Waals surface area contributed by atoms with E-state index in [9.17, 15) is 18.4 Å². The number of nitrogens with one attached hydrogen (secondary N) is 1. The Bertz CT molecular complexity index is 975. The highest BCUT2D eigenvalue weighted by Gasteiger charge is 2.22. The van der Waals surface area contributed by atoms with Crippen LogP contribution in [0.25, 0.3) is 0 Å². The molecular formula is C19H14F2N2O2. The van der Waals surface area contributed by atoms with Crippen LogP contribution in [0.1, 0.15) is 32.7 Å². The lowest BCUT2D eigenvalue weighted by Gasteiger charge is -2.09. The summed E-state index contributed by atoms with van der Waals surface area (Å²) in [6.07, 6.45) is 0.0249. The first-order valence-corrected chi connectivity index (χ1v) is 7.58. The van der Waals surface area contributed by atoms with Gasteiger partial charge in [0.25, 0.3) is 5.56 Å². The average molecular weight is 340 g/mol. The van der Waals surface area contributed by atoms with E-state index in [1.54, 1.807) is 12.1 Å². The lowest BCUT2D eigenvalue weighted by Crippen LogP contribution is -2.12. The van der Waals surface area contributed by atoms with E-state index in [1.807, 2.05) is 6.92 Å². The predicted molar refractivity (Wildman–Crippen MR) is 88.6 cm³/mol. The van der Waals surface area contributed by atoms with Gasteiger partial charge in [-0.25, -0.2) is 13.9 Å². The van der Waals surface area contributed by atoms with Crippen molar-refractivity contribution in [1.82, 2.24) is 10.2 Å². The summed E-state index contributed by atoms with van der Waals surface area (Å²) < 4.78 is 28.9. The van der Waals surface area contributed by atoms with Crippen LogP contribution in [0.4, 0.5) is 8.78 Å². The van der Waals surface area contributed by atoms with Gasteiger partial charge in [-0.3, -0.25) is 9.59 Å². The second kappa shape index (κ2) is 6.76. The predicted octanol–water partition coefficient (Wildman–Crippen LogP) is 3.18. The van der Waals surface area contributed by atoms with Crippen LogP contribution in [0.5, 0.6) is 0 Å². The highest BCUT2D eigenvalue weighted by atomic mass is 19.1. The van der Waals surface area contributed by atoms with Crippen LogP contribution < -0.4 is 5.56 Å². The largest absolute Gasteiger partial charge is 0.288 e. The smallest absolute Gasteiger partial charge is 0.264 e. The van der Waals surface area contributed by atoms with Crippen LogP contribution in [0.2, 0.25) is 0 Å². The van der Waals surface area contributed by atoms with E-state index in [2.05, 4.69) is 10.2 Å². The van der Waals surface area contributed by atoms with Crippen LogP contribution in [0, 0.1) is 18.6 Å². The third kappa shape index (κ3) is 3.52. The van der Waals surface area contributed by atoms with Gasteiger partial charge in [-0.05, 0) is 24.6 Å². The lowest BCUT2D eigenvalue weighted by atomic mass is 9.97. The molecule has 3 rings (SSSR count). The van der Waals surface area contributed by atoms with Crippen molar-refractivity contribution in [2.24, 2.45) is 0 Å². The van der Waals surface area contributed by atoms with E-state index >= 15 is 0 Å². The Kier molecular flexibility index (Phi) is 4.52. The zero-order chi connectivity index (χ0) is 18.0. The molecule has 1 heterocycles. The van der Waals surface area contributed by atoms with Crippen LogP contribution in [0.15, 0.2) is 53.3 Å². The molecule has 0 saturated heterocycles. The minimum Gasteiger partial charge on any atom is -0.288 e. The van der Waals surface area contributed by atoms with E-state index < -0.39 is 23.0 Å². The molecule has 0 aliphatic rings. The monoisotopic (exact) mass is 340 g/mol. The number of carbonyl (C=O) groups is 1. The Morgan fingerprint density at radius 1 is 1.04 bits per heavy atom. The minimum atomic E-state index is -0.918. The van der Waals surface area contributed by atoms with Crippen molar-refractivity contribution in [2.45, 2.75) is 13.3 Å². The topological polar surface area (TPSA) is 62.8 Å². The fourth-order valence-corrected chi connectivity index (χ4v) is 2.46. The summed E-state index contributed by atoms with van der Waals surface area (Å²) in [5, 5.41) is 6.05. The van der Waals surface area contributed by atoms with E-state index in [0.717, 1.165) is 11.6 Å². The summed E-state index contributed by atoms with van der Waals surface area (Å²) in [4.78, 5) is 23.5. The number of carbonyl (C=O) groups excluding carboxylic acids is 1. The summed E-state index contributed by atoms with van der Waals surface area (Å²) in [7, 11) is 0. The molecule has 0 saturated carbocycles. The molecular weight excluding hydrogens is 326 g/mol. The van der Waals surface area contributed by atoms with Crippen molar-refractivity contribution < 1.29 is 13.6 Å². The molecule has 0 unspecified atom stereocenters. The normalized spacial score (nSPS) is 10.7. The molecule has 2 aromatic carbocycles. The number of halogens is 2. The molecule has 3 aromatic rings. The highest BCUT2D eigenvalue weighted by molar-refractivity contribution is 6.09. The Morgan fingerprint density at radius 2 is 1.76 bits per heavy atom. The lowest BCUT2D eigenvalue weighted by molar-refractivity contribution is 0.103. The molecule has 0 atom stereocenters. The van der Waals surface area contributed by atoms with Crippen molar-refractivity contribution in [2.75, 3.05) is 0 Å². The summed E-state index contributed by atoms with van der Waals surface area (Å²) in [5.41, 5.74) is 0.706. The third-order valence-corrected chi connectivity index (χ3v) is 3.82. The quantitative estimate of drug-likeness (QED) is 0.742. The molecule has 0 spiro atoms. The van der Waals surface area contributed by atoms with Gasteiger partial charge in [-0.15, -0.1) is 0 Å². The molecule has 4 nitrogen and oxygen atoms in total. The molecule has 126 valence electrons. The standard InChI is InChI=1S/C19H14F2N2O2/c1-11-2-4-12(5-3-11)19(25)17-15(20)8-6-13(18(17)21)10-14-7-9-16(24)23-22-14/h2-9H,10H2,1H3,(H,23,24). The minimum absolute atomic E-state index is 0.0249. The van der Waals surface area contributed by atoms with Gasteiger partial charge in [0.2, 0.25) is 0 Å². The number of aromatic nitrogens is 2. The maximum absolute atomic E-state index is 14.8. The van der Waals surface area contributed by atoms with Gasteiger partial charge in [0.05, 0.1) is 11.3 Å². The third-order valence-electron chi connectivity index (χ3n) is 3.82. The Morgan fingerprint density at radius 3 is 2.40 bits per heavy atom. The van der Waals surface area contributed by atoms with Gasteiger partial charge < -0.3 is 0 Å². The summed E-state index contributed by atoms with van der Waals surface area (Å²) >= 11 is 0. The number of hydrogen-bond donors (Lipinski definition) is 1. The van der Waals surface area contributed by atoms with Crippen molar-refractivity contribution in [1.29, 1.82) is 0 Å². The molecule has 1 N–H and O–H groups in total. The Hall–Kier alpha value is -3.15. The highest BCUT2D eigenvalue weighted by Crippen LogP contribution is 2.22. The number of H-pyrrole nitrogens is 1. The fraction of sp³-hybridized carbons (Fsp3) is 0.105. The van der Waals surface area contributed by atoms with Gasteiger partial charge in [0.15, 0.2) is 5.78 Å². The van der Waals surface area contributed by atoms with Crippen LogP contribution in [-0.4, -0.2) is 16.0 Å². The molecule has 6 heteroatoms. The van der Waals surface area contributed by atoms with Gasteiger partial charge in [-0.1, -0.05) is 35.9 Å². The second-order valence-corrected chi connectivity index (χ2v) is 5.68. The van der Waals surface area contributed by atoms with Gasteiger partial charge in [0, 0.05) is 18.1 Å². The fourth-order valence-electron chi connectivity index (χ4n) is 2.46. The molecule has 0 radical (unpaired) electrons.